The van der Waals surface area contributed by atoms with Crippen molar-refractivity contribution in [3.8, 4) is 22.5 Å². The summed E-state index contributed by atoms with van der Waals surface area (Å²) in [4.78, 5) is 2.47. The maximum atomic E-state index is 2.56. The third-order valence-electron chi connectivity index (χ3n) is 11.5. The van der Waals surface area contributed by atoms with E-state index in [9.17, 15) is 0 Å². The molecule has 2 aromatic heterocycles. The van der Waals surface area contributed by atoms with Crippen LogP contribution in [0.4, 0.5) is 17.1 Å². The van der Waals surface area contributed by atoms with Crippen molar-refractivity contribution in [3.05, 3.63) is 182 Å². The minimum atomic E-state index is 0.132. The molecule has 0 atom stereocenters. The molecule has 0 saturated carbocycles. The summed E-state index contributed by atoms with van der Waals surface area (Å²) >= 11 is 0. The molecule has 0 N–H and O–H groups in total. The van der Waals surface area contributed by atoms with Gasteiger partial charge < -0.3 is 14.0 Å². The van der Waals surface area contributed by atoms with Crippen LogP contribution in [0.2, 0.25) is 0 Å². The number of anilines is 3. The van der Waals surface area contributed by atoms with Crippen molar-refractivity contribution < 1.29 is 0 Å². The second-order valence-corrected chi connectivity index (χ2v) is 14.1. The largest absolute Gasteiger partial charge is 0.311 e. The highest BCUT2D eigenvalue weighted by Crippen LogP contribution is 2.44. The van der Waals surface area contributed by atoms with E-state index in [1.807, 2.05) is 0 Å². The summed E-state index contributed by atoms with van der Waals surface area (Å²) in [5, 5.41) is 5.11. The van der Waals surface area contributed by atoms with Crippen LogP contribution in [-0.2, 0) is 0 Å². The van der Waals surface area contributed by atoms with E-state index in [-0.39, 0.29) is 6.71 Å². The fraction of sp³-hybridized carbons (Fsp3) is 0. The SMILES string of the molecule is c1ccc(-c2cccc(-n3c4ccccc4c4cc5c6ccc7c8c6n(c5cc43)-c3ccccc3B8c3ccccc3N7c3ccccc3)c2)cc1. The molecule has 0 fully saturated rings. The zero-order valence-electron chi connectivity index (χ0n) is 28.2. The molecule has 0 amide bonds. The standard InChI is InChI=1S/C48H30BN3/c1-3-14-31(15-4-1)32-16-13-19-34(28-32)51-41-23-10-7-20-35(41)37-29-38-36-26-27-44-47-48(36)52(46(38)30-45(37)51)43-25-12-9-22-40(43)49(47)39-21-8-11-24-42(39)50(44)33-17-5-2-6-18-33/h1-30H. The molecule has 0 aliphatic carbocycles. The minimum Gasteiger partial charge on any atom is -0.311 e. The van der Waals surface area contributed by atoms with Gasteiger partial charge in [0.2, 0.25) is 0 Å². The van der Waals surface area contributed by atoms with Gasteiger partial charge in [0.25, 0.3) is 6.71 Å². The van der Waals surface area contributed by atoms with Gasteiger partial charge in [-0.2, -0.15) is 0 Å². The number of nitrogens with zero attached hydrogens (tertiary/aromatic N) is 3. The number of fused-ring (bicyclic) bond motifs is 11. The Morgan fingerprint density at radius 2 is 0.981 bits per heavy atom. The fourth-order valence-corrected chi connectivity index (χ4v) is 9.38. The normalized spacial score (nSPS) is 12.9. The van der Waals surface area contributed by atoms with Crippen molar-refractivity contribution in [3.63, 3.8) is 0 Å². The predicted octanol–water partition coefficient (Wildman–Crippen LogP) is 10.2. The molecule has 10 aromatic rings. The predicted molar refractivity (Wildman–Crippen MR) is 220 cm³/mol. The lowest BCUT2D eigenvalue weighted by Gasteiger charge is -2.39. The highest BCUT2D eigenvalue weighted by Gasteiger charge is 2.41. The molecule has 0 radical (unpaired) electrons. The summed E-state index contributed by atoms with van der Waals surface area (Å²) in [5.74, 6) is 0. The van der Waals surface area contributed by atoms with E-state index in [4.69, 9.17) is 0 Å². The summed E-state index contributed by atoms with van der Waals surface area (Å²) in [6, 6.07) is 67.0. The van der Waals surface area contributed by atoms with Gasteiger partial charge in [0.1, 0.15) is 0 Å². The zero-order valence-corrected chi connectivity index (χ0v) is 28.2. The molecule has 12 rings (SSSR count). The Kier molecular flexibility index (Phi) is 5.58. The monoisotopic (exact) mass is 659 g/mol. The highest BCUT2D eigenvalue weighted by molar-refractivity contribution is 7.00. The van der Waals surface area contributed by atoms with Gasteiger partial charge in [-0.15, -0.1) is 0 Å². The molecule has 0 unspecified atom stereocenters. The molecule has 240 valence electrons. The average Bonchev–Trinajstić information content (AvgIpc) is 3.72. The van der Waals surface area contributed by atoms with Crippen LogP contribution in [0.5, 0.6) is 0 Å². The van der Waals surface area contributed by atoms with Gasteiger partial charge in [-0.3, -0.25) is 0 Å². The van der Waals surface area contributed by atoms with Crippen molar-refractivity contribution in [1.82, 2.24) is 9.13 Å². The molecule has 8 aromatic carbocycles. The molecule has 2 aliphatic rings. The van der Waals surface area contributed by atoms with E-state index in [1.54, 1.807) is 0 Å². The van der Waals surface area contributed by atoms with Crippen molar-refractivity contribution in [1.29, 1.82) is 0 Å². The van der Waals surface area contributed by atoms with Crippen LogP contribution in [0.3, 0.4) is 0 Å². The molecule has 4 heterocycles. The van der Waals surface area contributed by atoms with Gasteiger partial charge in [0.05, 0.1) is 22.1 Å². The Hall–Kier alpha value is -6.78. The van der Waals surface area contributed by atoms with Crippen molar-refractivity contribution in [2.75, 3.05) is 4.90 Å². The molecular formula is C48H30BN3. The Morgan fingerprint density at radius 1 is 0.346 bits per heavy atom. The van der Waals surface area contributed by atoms with Gasteiger partial charge in [0, 0.05) is 50.0 Å². The summed E-state index contributed by atoms with van der Waals surface area (Å²) in [6.45, 7) is 0.132. The van der Waals surface area contributed by atoms with Crippen molar-refractivity contribution in [2.45, 2.75) is 0 Å². The number of rotatable bonds is 3. The Bertz CT molecular complexity index is 3080. The second-order valence-electron chi connectivity index (χ2n) is 14.1. The van der Waals surface area contributed by atoms with Crippen LogP contribution in [-0.4, -0.2) is 15.8 Å². The van der Waals surface area contributed by atoms with Crippen LogP contribution in [0.25, 0.3) is 66.1 Å². The fourth-order valence-electron chi connectivity index (χ4n) is 9.38. The third-order valence-corrected chi connectivity index (χ3v) is 11.5. The number of hydrogen-bond donors (Lipinski definition) is 0. The maximum Gasteiger partial charge on any atom is 0.252 e. The average molecular weight is 660 g/mol. The van der Waals surface area contributed by atoms with Gasteiger partial charge in [0.15, 0.2) is 0 Å². The first kappa shape index (κ1) is 28.0. The zero-order chi connectivity index (χ0) is 33.9. The van der Waals surface area contributed by atoms with Gasteiger partial charge >= 0.3 is 0 Å². The third kappa shape index (κ3) is 3.65. The molecular weight excluding hydrogens is 629 g/mol. The molecule has 0 saturated heterocycles. The molecule has 4 heteroatoms. The molecule has 3 nitrogen and oxygen atoms in total. The maximum absolute atomic E-state index is 2.56. The van der Waals surface area contributed by atoms with Crippen LogP contribution >= 0.6 is 0 Å². The van der Waals surface area contributed by atoms with Crippen LogP contribution < -0.4 is 21.3 Å². The molecule has 0 bridgehead atoms. The van der Waals surface area contributed by atoms with Crippen LogP contribution in [0.1, 0.15) is 0 Å². The molecule has 2 aliphatic heterocycles. The Morgan fingerprint density at radius 3 is 1.83 bits per heavy atom. The lowest BCUT2D eigenvalue weighted by Crippen LogP contribution is -2.60. The van der Waals surface area contributed by atoms with Gasteiger partial charge in [-0.1, -0.05) is 121 Å². The first-order valence-corrected chi connectivity index (χ1v) is 18.1. The summed E-state index contributed by atoms with van der Waals surface area (Å²) < 4.78 is 5.02. The number of benzene rings is 8. The van der Waals surface area contributed by atoms with Gasteiger partial charge in [-0.05, 0) is 88.2 Å². The highest BCUT2D eigenvalue weighted by atomic mass is 15.2. The van der Waals surface area contributed by atoms with Crippen LogP contribution in [0.15, 0.2) is 182 Å². The van der Waals surface area contributed by atoms with E-state index >= 15 is 0 Å². The van der Waals surface area contributed by atoms with Crippen LogP contribution in [0, 0.1) is 0 Å². The first-order chi connectivity index (χ1) is 25.8. The van der Waals surface area contributed by atoms with Crippen molar-refractivity contribution >= 4 is 83.8 Å². The topological polar surface area (TPSA) is 13.1 Å². The van der Waals surface area contributed by atoms with Gasteiger partial charge in [-0.25, -0.2) is 0 Å². The Balaban J connectivity index is 1.21. The van der Waals surface area contributed by atoms with E-state index in [0.29, 0.717) is 0 Å². The number of para-hydroxylation sites is 4. The van der Waals surface area contributed by atoms with E-state index in [0.717, 1.165) is 5.69 Å². The second kappa shape index (κ2) is 10.4. The lowest BCUT2D eigenvalue weighted by molar-refractivity contribution is 1.17. The minimum absolute atomic E-state index is 0.132. The first-order valence-electron chi connectivity index (χ1n) is 18.1. The van der Waals surface area contributed by atoms with E-state index in [2.05, 4.69) is 196 Å². The van der Waals surface area contributed by atoms with E-state index in [1.165, 1.54) is 93.9 Å². The summed E-state index contributed by atoms with van der Waals surface area (Å²) in [5.41, 5.74) is 17.5. The number of aromatic nitrogens is 2. The lowest BCUT2D eigenvalue weighted by atomic mass is 9.34. The summed E-state index contributed by atoms with van der Waals surface area (Å²) in [6.07, 6.45) is 0. The Labute approximate surface area is 301 Å². The van der Waals surface area contributed by atoms with E-state index < -0.39 is 0 Å². The summed E-state index contributed by atoms with van der Waals surface area (Å²) in [7, 11) is 0. The number of hydrogen-bond acceptors (Lipinski definition) is 1. The van der Waals surface area contributed by atoms with Crippen molar-refractivity contribution in [2.24, 2.45) is 0 Å². The molecule has 0 spiro atoms. The quantitative estimate of drug-likeness (QED) is 0.172. The smallest absolute Gasteiger partial charge is 0.252 e. The molecule has 52 heavy (non-hydrogen) atoms.